The van der Waals surface area contributed by atoms with Crippen LogP contribution in [0.4, 0.5) is 5.69 Å². The number of nitrogens with one attached hydrogen (secondary N) is 1. The monoisotopic (exact) mass is 590 g/mol. The minimum Gasteiger partial charge on any atom is -0.383 e. The standard InChI is InChI=1S/C36H54N4O3/c1-5-6-7-8-9-10-11-12-13-18-35(41)40(25-26-43-4)29-36(42)39(28-30-19-21-32(22-20-30)38(2)3)24-23-31-27-37-34-17-15-14-16-33(31)34/h14-17,19-22,27,37H,5-13,18,23-26,28-29H2,1-4H3. The van der Waals surface area contributed by atoms with E-state index in [-0.39, 0.29) is 18.4 Å². The number of benzene rings is 2. The van der Waals surface area contributed by atoms with Gasteiger partial charge in [0.1, 0.15) is 0 Å². The molecule has 3 aromatic rings. The first-order valence-electron chi connectivity index (χ1n) is 16.3. The van der Waals surface area contributed by atoms with Crippen LogP contribution in [0.2, 0.25) is 0 Å². The number of unbranched alkanes of at least 4 members (excludes halogenated alkanes) is 8. The molecule has 0 aliphatic rings. The number of fused-ring (bicyclic) bond motifs is 1. The molecule has 0 saturated heterocycles. The van der Waals surface area contributed by atoms with E-state index in [1.807, 2.05) is 37.3 Å². The normalized spacial score (nSPS) is 11.2. The third-order valence-corrected chi connectivity index (χ3v) is 8.24. The molecule has 0 unspecified atom stereocenters. The van der Waals surface area contributed by atoms with Crippen molar-refractivity contribution in [1.82, 2.24) is 14.8 Å². The van der Waals surface area contributed by atoms with Gasteiger partial charge in [-0.3, -0.25) is 9.59 Å². The molecule has 0 aliphatic carbocycles. The van der Waals surface area contributed by atoms with E-state index >= 15 is 0 Å². The maximum Gasteiger partial charge on any atom is 0.242 e. The van der Waals surface area contributed by atoms with Gasteiger partial charge in [-0.15, -0.1) is 0 Å². The Morgan fingerprint density at radius 2 is 1.47 bits per heavy atom. The van der Waals surface area contributed by atoms with Gasteiger partial charge in [0.05, 0.1) is 13.2 Å². The van der Waals surface area contributed by atoms with Crippen LogP contribution in [0.15, 0.2) is 54.7 Å². The van der Waals surface area contributed by atoms with E-state index in [4.69, 9.17) is 4.74 Å². The number of rotatable bonds is 21. The van der Waals surface area contributed by atoms with Gasteiger partial charge in [0.25, 0.3) is 0 Å². The minimum atomic E-state index is -0.0342. The Balaban J connectivity index is 1.62. The zero-order chi connectivity index (χ0) is 30.9. The number of H-pyrrole nitrogens is 1. The Kier molecular flexibility index (Phi) is 15.1. The lowest BCUT2D eigenvalue weighted by Gasteiger charge is -2.28. The lowest BCUT2D eigenvalue weighted by atomic mass is 10.1. The first-order chi connectivity index (χ1) is 20.9. The van der Waals surface area contributed by atoms with Crippen molar-refractivity contribution in [3.8, 4) is 0 Å². The third kappa shape index (κ3) is 11.7. The minimum absolute atomic E-state index is 0.0342. The molecule has 0 atom stereocenters. The predicted molar refractivity (Wildman–Crippen MR) is 178 cm³/mol. The molecule has 0 spiro atoms. The van der Waals surface area contributed by atoms with Crippen molar-refractivity contribution in [2.24, 2.45) is 0 Å². The summed E-state index contributed by atoms with van der Waals surface area (Å²) >= 11 is 0. The molecule has 0 radical (unpaired) electrons. The van der Waals surface area contributed by atoms with Crippen molar-refractivity contribution in [1.29, 1.82) is 0 Å². The number of anilines is 1. The zero-order valence-electron chi connectivity index (χ0n) is 27.1. The average molecular weight is 591 g/mol. The van der Waals surface area contributed by atoms with Crippen molar-refractivity contribution < 1.29 is 14.3 Å². The van der Waals surface area contributed by atoms with E-state index < -0.39 is 0 Å². The first-order valence-corrected chi connectivity index (χ1v) is 16.3. The molecule has 0 saturated carbocycles. The van der Waals surface area contributed by atoms with E-state index in [2.05, 4.69) is 53.2 Å². The number of para-hydroxylation sites is 1. The quantitative estimate of drug-likeness (QED) is 0.133. The molecule has 0 fully saturated rings. The zero-order valence-corrected chi connectivity index (χ0v) is 27.1. The van der Waals surface area contributed by atoms with Crippen LogP contribution in [0.25, 0.3) is 10.9 Å². The van der Waals surface area contributed by atoms with Gasteiger partial charge in [-0.05, 0) is 42.2 Å². The van der Waals surface area contributed by atoms with Crippen LogP contribution in [0.3, 0.4) is 0 Å². The lowest BCUT2D eigenvalue weighted by Crippen LogP contribution is -2.44. The topological polar surface area (TPSA) is 68.9 Å². The fourth-order valence-electron chi connectivity index (χ4n) is 5.51. The number of amides is 2. The fraction of sp³-hybridized carbons (Fsp3) is 0.556. The van der Waals surface area contributed by atoms with E-state index in [1.165, 1.54) is 55.9 Å². The Labute approximate surface area is 259 Å². The lowest BCUT2D eigenvalue weighted by molar-refractivity contribution is -0.141. The second kappa shape index (κ2) is 19.1. The summed E-state index contributed by atoms with van der Waals surface area (Å²) in [5, 5.41) is 1.18. The molecular weight excluding hydrogens is 536 g/mol. The van der Waals surface area contributed by atoms with Gasteiger partial charge >= 0.3 is 0 Å². The highest BCUT2D eigenvalue weighted by molar-refractivity contribution is 5.85. The van der Waals surface area contributed by atoms with Crippen LogP contribution in [0, 0.1) is 0 Å². The maximum absolute atomic E-state index is 13.8. The number of aromatic amines is 1. The summed E-state index contributed by atoms with van der Waals surface area (Å²) in [4.78, 5) is 36.1. The highest BCUT2D eigenvalue weighted by Gasteiger charge is 2.22. The van der Waals surface area contributed by atoms with Gasteiger partial charge in [-0.25, -0.2) is 0 Å². The number of aromatic nitrogens is 1. The number of nitrogens with zero attached hydrogens (tertiary/aromatic N) is 3. The van der Waals surface area contributed by atoms with Crippen LogP contribution in [0.5, 0.6) is 0 Å². The van der Waals surface area contributed by atoms with E-state index in [0.29, 0.717) is 32.7 Å². The highest BCUT2D eigenvalue weighted by Crippen LogP contribution is 2.20. The molecule has 2 aromatic carbocycles. The number of hydrogen-bond donors (Lipinski definition) is 1. The molecule has 0 bridgehead atoms. The smallest absolute Gasteiger partial charge is 0.242 e. The molecule has 0 aliphatic heterocycles. The molecule has 7 heteroatoms. The molecule has 1 N–H and O–H groups in total. The molecule has 236 valence electrons. The summed E-state index contributed by atoms with van der Waals surface area (Å²) < 4.78 is 5.30. The maximum atomic E-state index is 13.8. The van der Waals surface area contributed by atoms with Crippen molar-refractivity contribution in [3.63, 3.8) is 0 Å². The molecule has 2 amide bonds. The Morgan fingerprint density at radius 3 is 2.14 bits per heavy atom. The van der Waals surface area contributed by atoms with Gasteiger partial charge in [-0.2, -0.15) is 0 Å². The SMILES string of the molecule is CCCCCCCCCCCC(=O)N(CCOC)CC(=O)N(CCc1c[nH]c2ccccc12)Cc1ccc(N(C)C)cc1. The van der Waals surface area contributed by atoms with Crippen LogP contribution in [-0.4, -0.2) is 74.0 Å². The van der Waals surface area contributed by atoms with Crippen LogP contribution in [-0.2, 0) is 27.3 Å². The number of methoxy groups -OCH3 is 1. The van der Waals surface area contributed by atoms with Crippen molar-refractivity contribution in [2.45, 2.75) is 84.1 Å². The summed E-state index contributed by atoms with van der Waals surface area (Å²) in [7, 11) is 5.68. The number of hydrogen-bond acceptors (Lipinski definition) is 4. The van der Waals surface area contributed by atoms with Crippen molar-refractivity contribution in [3.05, 3.63) is 65.9 Å². The Hall–Kier alpha value is -3.32. The first kappa shape index (κ1) is 34.2. The second-order valence-corrected chi connectivity index (χ2v) is 11.9. The Bertz CT molecular complexity index is 1220. The van der Waals surface area contributed by atoms with E-state index in [9.17, 15) is 9.59 Å². The van der Waals surface area contributed by atoms with Crippen LogP contribution in [0.1, 0.15) is 82.3 Å². The fourth-order valence-corrected chi connectivity index (χ4v) is 5.51. The van der Waals surface area contributed by atoms with Gasteiger partial charge in [-0.1, -0.05) is 88.6 Å². The summed E-state index contributed by atoms with van der Waals surface area (Å²) in [6.07, 6.45) is 14.1. The summed E-state index contributed by atoms with van der Waals surface area (Å²) in [6, 6.07) is 16.6. The van der Waals surface area contributed by atoms with Gasteiger partial charge in [0, 0.05) is 70.0 Å². The van der Waals surface area contributed by atoms with Crippen LogP contribution >= 0.6 is 0 Å². The molecule has 7 nitrogen and oxygen atoms in total. The highest BCUT2D eigenvalue weighted by atomic mass is 16.5. The Morgan fingerprint density at radius 1 is 0.791 bits per heavy atom. The summed E-state index contributed by atoms with van der Waals surface area (Å²) in [5.74, 6) is 0.00770. The summed E-state index contributed by atoms with van der Waals surface area (Å²) in [5.41, 5.74) is 4.48. The average Bonchev–Trinajstić information content (AvgIpc) is 3.43. The van der Waals surface area contributed by atoms with Crippen molar-refractivity contribution >= 4 is 28.4 Å². The van der Waals surface area contributed by atoms with E-state index in [0.717, 1.165) is 36.0 Å². The second-order valence-electron chi connectivity index (χ2n) is 11.9. The van der Waals surface area contributed by atoms with Crippen molar-refractivity contribution in [2.75, 3.05) is 52.3 Å². The third-order valence-electron chi connectivity index (χ3n) is 8.24. The van der Waals surface area contributed by atoms with Crippen LogP contribution < -0.4 is 4.90 Å². The van der Waals surface area contributed by atoms with Gasteiger partial charge < -0.3 is 24.4 Å². The van der Waals surface area contributed by atoms with Gasteiger partial charge in [0.15, 0.2) is 0 Å². The molecule has 1 aromatic heterocycles. The number of carbonyl (C=O) groups is 2. The number of carbonyl (C=O) groups excluding carboxylic acids is 2. The summed E-state index contributed by atoms with van der Waals surface area (Å²) in [6.45, 7) is 4.22. The largest absolute Gasteiger partial charge is 0.383 e. The van der Waals surface area contributed by atoms with Gasteiger partial charge in [0.2, 0.25) is 11.8 Å². The predicted octanol–water partition coefficient (Wildman–Crippen LogP) is 7.20. The molecule has 43 heavy (non-hydrogen) atoms. The molecular formula is C36H54N4O3. The number of ether oxygens (including phenoxy) is 1. The molecule has 3 rings (SSSR count). The van der Waals surface area contributed by atoms with E-state index in [1.54, 1.807) is 12.0 Å². The molecule has 1 heterocycles.